The van der Waals surface area contributed by atoms with Gasteiger partial charge in [0.25, 0.3) is 0 Å². The topological polar surface area (TPSA) is 85.4 Å². The number of benzene rings is 1. The van der Waals surface area contributed by atoms with E-state index < -0.39 is 9.84 Å². The Morgan fingerprint density at radius 1 is 1.29 bits per heavy atom. The average molecular weight is 368 g/mol. The maximum Gasteiger partial charge on any atom is 0.227 e. The van der Waals surface area contributed by atoms with Crippen LogP contribution in [0.5, 0.6) is 5.75 Å². The minimum absolute atomic E-state index is 0.120. The lowest BCUT2D eigenvalue weighted by Gasteiger charge is -2.06. The van der Waals surface area contributed by atoms with Gasteiger partial charge >= 0.3 is 0 Å². The lowest BCUT2D eigenvalue weighted by atomic mass is 10.2. The number of aromatic nitrogens is 1. The number of nitrogens with zero attached hydrogens (tertiary/aromatic N) is 1. The number of ether oxygens (including phenoxy) is 1. The SMILES string of the molecule is COc1ccc(S(=O)(=O)CCC(=O)Nc2nc(C(C)C)cs2)cc1. The van der Waals surface area contributed by atoms with Crippen LogP contribution in [0, 0.1) is 0 Å². The van der Waals surface area contributed by atoms with E-state index in [1.807, 2.05) is 19.2 Å². The Hall–Kier alpha value is -1.93. The highest BCUT2D eigenvalue weighted by atomic mass is 32.2. The Labute approximate surface area is 145 Å². The summed E-state index contributed by atoms with van der Waals surface area (Å²) < 4.78 is 29.5. The van der Waals surface area contributed by atoms with Crippen molar-refractivity contribution in [3.8, 4) is 5.75 Å². The van der Waals surface area contributed by atoms with Crippen LogP contribution in [0.3, 0.4) is 0 Å². The first-order chi connectivity index (χ1) is 11.3. The van der Waals surface area contributed by atoms with Crippen LogP contribution in [-0.4, -0.2) is 32.2 Å². The van der Waals surface area contributed by atoms with Crippen LogP contribution < -0.4 is 10.1 Å². The minimum atomic E-state index is -3.51. The first-order valence-electron chi connectivity index (χ1n) is 7.44. The Morgan fingerprint density at radius 2 is 1.96 bits per heavy atom. The summed E-state index contributed by atoms with van der Waals surface area (Å²) in [5.41, 5.74) is 0.904. The third-order valence-corrected chi connectivity index (χ3v) is 5.88. The molecule has 0 radical (unpaired) electrons. The second kappa shape index (κ2) is 7.76. The maximum absolute atomic E-state index is 12.2. The highest BCUT2D eigenvalue weighted by Crippen LogP contribution is 2.22. The van der Waals surface area contributed by atoms with Crippen molar-refractivity contribution in [1.29, 1.82) is 0 Å². The molecule has 2 aromatic rings. The van der Waals surface area contributed by atoms with E-state index in [9.17, 15) is 13.2 Å². The van der Waals surface area contributed by atoms with Gasteiger partial charge in [0, 0.05) is 11.8 Å². The molecule has 1 aromatic carbocycles. The quantitative estimate of drug-likeness (QED) is 0.812. The van der Waals surface area contributed by atoms with Crippen molar-refractivity contribution < 1.29 is 17.9 Å². The molecule has 0 saturated heterocycles. The predicted molar refractivity (Wildman–Crippen MR) is 94.5 cm³/mol. The first kappa shape index (κ1) is 18.4. The third-order valence-electron chi connectivity index (χ3n) is 3.38. The largest absolute Gasteiger partial charge is 0.497 e. The number of thiazole rings is 1. The van der Waals surface area contributed by atoms with Crippen molar-refractivity contribution in [2.75, 3.05) is 18.2 Å². The van der Waals surface area contributed by atoms with Gasteiger partial charge in [0.05, 0.1) is 23.5 Å². The second-order valence-corrected chi connectivity index (χ2v) is 8.49. The molecule has 0 bridgehead atoms. The van der Waals surface area contributed by atoms with Crippen molar-refractivity contribution in [1.82, 2.24) is 4.98 Å². The molecule has 1 amide bonds. The van der Waals surface area contributed by atoms with E-state index in [2.05, 4.69) is 10.3 Å². The number of amides is 1. The van der Waals surface area contributed by atoms with E-state index in [4.69, 9.17) is 4.74 Å². The minimum Gasteiger partial charge on any atom is -0.497 e. The number of hydrogen-bond donors (Lipinski definition) is 1. The molecule has 0 unspecified atom stereocenters. The number of carbonyl (C=O) groups excluding carboxylic acids is 1. The molecule has 2 rings (SSSR count). The van der Waals surface area contributed by atoms with Crippen molar-refractivity contribution in [3.63, 3.8) is 0 Å². The molecule has 0 aliphatic rings. The summed E-state index contributed by atoms with van der Waals surface area (Å²) in [6.45, 7) is 4.03. The zero-order valence-electron chi connectivity index (χ0n) is 13.8. The predicted octanol–water partition coefficient (Wildman–Crippen LogP) is 3.08. The molecule has 0 spiro atoms. The van der Waals surface area contributed by atoms with Crippen LogP contribution in [0.1, 0.15) is 31.9 Å². The van der Waals surface area contributed by atoms with E-state index in [-0.39, 0.29) is 28.9 Å². The van der Waals surface area contributed by atoms with Gasteiger partial charge in [-0.05, 0) is 30.2 Å². The van der Waals surface area contributed by atoms with E-state index in [0.29, 0.717) is 10.9 Å². The molecule has 0 saturated carbocycles. The van der Waals surface area contributed by atoms with Crippen LogP contribution >= 0.6 is 11.3 Å². The summed E-state index contributed by atoms with van der Waals surface area (Å²) in [5, 5.41) is 5.02. The summed E-state index contributed by atoms with van der Waals surface area (Å²) in [7, 11) is -2.00. The zero-order chi connectivity index (χ0) is 17.7. The van der Waals surface area contributed by atoms with Gasteiger partial charge in [-0.15, -0.1) is 11.3 Å². The van der Waals surface area contributed by atoms with Crippen molar-refractivity contribution in [2.45, 2.75) is 31.1 Å². The highest BCUT2D eigenvalue weighted by molar-refractivity contribution is 7.91. The monoisotopic (exact) mass is 368 g/mol. The Morgan fingerprint density at radius 3 is 2.50 bits per heavy atom. The van der Waals surface area contributed by atoms with Crippen molar-refractivity contribution in [3.05, 3.63) is 35.3 Å². The number of rotatable bonds is 7. The van der Waals surface area contributed by atoms with Gasteiger partial charge in [-0.1, -0.05) is 13.8 Å². The van der Waals surface area contributed by atoms with Gasteiger partial charge in [0.2, 0.25) is 5.91 Å². The molecule has 1 heterocycles. The second-order valence-electron chi connectivity index (χ2n) is 5.52. The van der Waals surface area contributed by atoms with Crippen LogP contribution in [0.2, 0.25) is 0 Å². The molecule has 130 valence electrons. The van der Waals surface area contributed by atoms with Crippen molar-refractivity contribution in [2.24, 2.45) is 0 Å². The summed E-state index contributed by atoms with van der Waals surface area (Å²) in [5.74, 6) is 0.239. The lowest BCUT2D eigenvalue weighted by Crippen LogP contribution is -2.17. The van der Waals surface area contributed by atoms with E-state index in [0.717, 1.165) is 5.69 Å². The Kier molecular flexibility index (Phi) is 5.95. The van der Waals surface area contributed by atoms with Gasteiger partial charge in [-0.25, -0.2) is 13.4 Å². The molecule has 6 nitrogen and oxygen atoms in total. The number of sulfone groups is 1. The molecule has 24 heavy (non-hydrogen) atoms. The summed E-state index contributed by atoms with van der Waals surface area (Å²) in [6, 6.07) is 6.11. The fourth-order valence-electron chi connectivity index (χ4n) is 1.92. The molecule has 8 heteroatoms. The summed E-state index contributed by atoms with van der Waals surface area (Å²) in [6.07, 6.45) is -0.120. The first-order valence-corrected chi connectivity index (χ1v) is 9.97. The number of anilines is 1. The van der Waals surface area contributed by atoms with Gasteiger partial charge in [0.15, 0.2) is 15.0 Å². The smallest absolute Gasteiger partial charge is 0.227 e. The fourth-order valence-corrected chi connectivity index (χ4v) is 4.05. The van der Waals surface area contributed by atoms with E-state index in [1.165, 1.54) is 30.6 Å². The number of methoxy groups -OCH3 is 1. The zero-order valence-corrected chi connectivity index (χ0v) is 15.4. The Bertz CT molecular complexity index is 796. The van der Waals surface area contributed by atoms with E-state index in [1.54, 1.807) is 12.1 Å². The molecular weight excluding hydrogens is 348 g/mol. The molecular formula is C16H20N2O4S2. The maximum atomic E-state index is 12.2. The number of nitrogens with one attached hydrogen (secondary N) is 1. The molecule has 0 fully saturated rings. The normalized spacial score (nSPS) is 11.5. The summed E-state index contributed by atoms with van der Waals surface area (Å²) >= 11 is 1.33. The van der Waals surface area contributed by atoms with Gasteiger partial charge < -0.3 is 10.1 Å². The number of hydrogen-bond acceptors (Lipinski definition) is 6. The summed E-state index contributed by atoms with van der Waals surface area (Å²) in [4.78, 5) is 16.4. The van der Waals surface area contributed by atoms with Crippen LogP contribution in [0.4, 0.5) is 5.13 Å². The average Bonchev–Trinajstić information content (AvgIpc) is 3.02. The van der Waals surface area contributed by atoms with E-state index >= 15 is 0 Å². The molecule has 1 N–H and O–H groups in total. The molecule has 0 aliphatic heterocycles. The van der Waals surface area contributed by atoms with Gasteiger partial charge in [-0.3, -0.25) is 4.79 Å². The highest BCUT2D eigenvalue weighted by Gasteiger charge is 2.17. The standard InChI is InChI=1S/C16H20N2O4S2/c1-11(2)14-10-23-16(17-14)18-15(19)8-9-24(20,21)13-6-4-12(22-3)5-7-13/h4-7,10-11H,8-9H2,1-3H3,(H,17,18,19). The van der Waals surface area contributed by atoms with Gasteiger partial charge in [0.1, 0.15) is 5.75 Å². The molecule has 0 aliphatic carbocycles. The molecule has 1 aromatic heterocycles. The van der Waals surface area contributed by atoms with Crippen LogP contribution in [0.25, 0.3) is 0 Å². The van der Waals surface area contributed by atoms with Crippen molar-refractivity contribution >= 4 is 32.2 Å². The number of carbonyl (C=O) groups is 1. The molecule has 0 atom stereocenters. The lowest BCUT2D eigenvalue weighted by molar-refractivity contribution is -0.115. The fraction of sp³-hybridized carbons (Fsp3) is 0.375. The van der Waals surface area contributed by atoms with Crippen LogP contribution in [0.15, 0.2) is 34.5 Å². The third kappa shape index (κ3) is 4.78. The Balaban J connectivity index is 1.93. The van der Waals surface area contributed by atoms with Gasteiger partial charge in [-0.2, -0.15) is 0 Å². The van der Waals surface area contributed by atoms with Crippen LogP contribution in [-0.2, 0) is 14.6 Å².